The van der Waals surface area contributed by atoms with Crippen LogP contribution < -0.4 is 10.6 Å². The Hall–Kier alpha value is -3.99. The monoisotopic (exact) mass is 442 g/mol. The predicted octanol–water partition coefficient (Wildman–Crippen LogP) is 2.20. The van der Waals surface area contributed by atoms with Gasteiger partial charge < -0.3 is 10.2 Å². The lowest BCUT2D eigenvalue weighted by molar-refractivity contribution is -0.136. The van der Waals surface area contributed by atoms with E-state index in [1.54, 1.807) is 24.3 Å². The zero-order chi connectivity index (χ0) is 23.1. The van der Waals surface area contributed by atoms with E-state index in [1.807, 2.05) is 18.2 Å². The Morgan fingerprint density at radius 3 is 2.67 bits per heavy atom. The molecule has 2 unspecified atom stereocenters. The van der Waals surface area contributed by atoms with E-state index in [4.69, 9.17) is 0 Å². The number of benzene rings is 2. The molecule has 4 amide bonds. The molecule has 2 aliphatic heterocycles. The summed E-state index contributed by atoms with van der Waals surface area (Å²) < 4.78 is 0. The lowest BCUT2D eigenvalue weighted by Gasteiger charge is -2.29. The number of imide groups is 1. The minimum atomic E-state index is -0.688. The molecule has 0 aromatic heterocycles. The van der Waals surface area contributed by atoms with Gasteiger partial charge in [0.25, 0.3) is 11.8 Å². The van der Waals surface area contributed by atoms with Crippen molar-refractivity contribution in [3.8, 4) is 6.07 Å². The molecule has 0 radical (unpaired) electrons. The van der Waals surface area contributed by atoms with Crippen molar-refractivity contribution in [2.45, 2.75) is 44.3 Å². The van der Waals surface area contributed by atoms with Crippen molar-refractivity contribution in [1.82, 2.24) is 15.5 Å². The Balaban J connectivity index is 1.34. The van der Waals surface area contributed by atoms with Crippen molar-refractivity contribution in [2.75, 3.05) is 0 Å². The normalized spacial score (nSPS) is 20.6. The molecule has 8 nitrogen and oxygen atoms in total. The fourth-order valence-corrected chi connectivity index (χ4v) is 4.64. The summed E-state index contributed by atoms with van der Waals surface area (Å²) in [7, 11) is 0. The van der Waals surface area contributed by atoms with Gasteiger partial charge in [0.15, 0.2) is 0 Å². The molecule has 3 aliphatic rings. The number of hydrogen-bond donors (Lipinski definition) is 2. The van der Waals surface area contributed by atoms with Gasteiger partial charge in [-0.25, -0.2) is 0 Å². The standard InChI is InChI=1S/C25H22N4O4/c26-12-14-2-1-3-16(10-14)22(15-4-5-15)28-23(31)17-6-7-19-18(11-17)13-29(25(19)33)20-8-9-21(30)27-24(20)32/h1-3,6-7,10-11,15,20,22H,4-5,8-9,13H2,(H,28,31)(H,27,30,32). The van der Waals surface area contributed by atoms with Crippen LogP contribution in [0.15, 0.2) is 42.5 Å². The fourth-order valence-electron chi connectivity index (χ4n) is 4.64. The first-order chi connectivity index (χ1) is 15.9. The van der Waals surface area contributed by atoms with Gasteiger partial charge in [-0.2, -0.15) is 5.26 Å². The van der Waals surface area contributed by atoms with Crippen molar-refractivity contribution in [2.24, 2.45) is 5.92 Å². The first-order valence-corrected chi connectivity index (χ1v) is 11.0. The summed E-state index contributed by atoms with van der Waals surface area (Å²) in [5.41, 5.74) is 3.06. The number of amides is 4. The van der Waals surface area contributed by atoms with Gasteiger partial charge in [-0.3, -0.25) is 24.5 Å². The molecule has 2 atom stereocenters. The number of fused-ring (bicyclic) bond motifs is 1. The van der Waals surface area contributed by atoms with Crippen molar-refractivity contribution in [3.63, 3.8) is 0 Å². The zero-order valence-electron chi connectivity index (χ0n) is 17.8. The van der Waals surface area contributed by atoms with Crippen molar-refractivity contribution < 1.29 is 19.2 Å². The Labute approximate surface area is 190 Å². The highest BCUT2D eigenvalue weighted by Gasteiger charge is 2.39. The van der Waals surface area contributed by atoms with Crippen LogP contribution >= 0.6 is 0 Å². The summed E-state index contributed by atoms with van der Waals surface area (Å²) >= 11 is 0. The van der Waals surface area contributed by atoms with Crippen molar-refractivity contribution in [1.29, 1.82) is 5.26 Å². The van der Waals surface area contributed by atoms with Crippen LogP contribution in [0.3, 0.4) is 0 Å². The summed E-state index contributed by atoms with van der Waals surface area (Å²) in [4.78, 5) is 51.1. The van der Waals surface area contributed by atoms with Gasteiger partial charge in [0.05, 0.1) is 17.7 Å². The molecule has 2 heterocycles. The third kappa shape index (κ3) is 3.98. The molecule has 8 heteroatoms. The van der Waals surface area contributed by atoms with Gasteiger partial charge in [-0.1, -0.05) is 12.1 Å². The molecule has 0 spiro atoms. The third-order valence-corrected chi connectivity index (χ3v) is 6.54. The van der Waals surface area contributed by atoms with E-state index in [2.05, 4.69) is 16.7 Å². The maximum atomic E-state index is 13.1. The largest absolute Gasteiger partial charge is 0.345 e. The summed E-state index contributed by atoms with van der Waals surface area (Å²) in [6, 6.07) is 13.5. The van der Waals surface area contributed by atoms with E-state index < -0.39 is 11.9 Å². The first-order valence-electron chi connectivity index (χ1n) is 11.0. The molecular formula is C25H22N4O4. The summed E-state index contributed by atoms with van der Waals surface area (Å²) in [6.45, 7) is 0.220. The SMILES string of the molecule is N#Cc1cccc(C(NC(=O)c2ccc3c(c2)CN(C2CCC(=O)NC2=O)C3=O)C2CC2)c1. The number of nitriles is 1. The molecule has 2 aromatic rings. The third-order valence-electron chi connectivity index (χ3n) is 6.54. The highest BCUT2D eigenvalue weighted by Crippen LogP contribution is 2.41. The second-order valence-electron chi connectivity index (χ2n) is 8.80. The van der Waals surface area contributed by atoms with E-state index in [9.17, 15) is 24.4 Å². The molecule has 0 bridgehead atoms. The molecule has 2 fully saturated rings. The lowest BCUT2D eigenvalue weighted by atomic mass is 9.99. The number of rotatable bonds is 5. The number of hydrogen-bond acceptors (Lipinski definition) is 5. The van der Waals surface area contributed by atoms with Gasteiger partial charge in [0.1, 0.15) is 6.04 Å². The molecule has 1 saturated carbocycles. The molecule has 1 saturated heterocycles. The second-order valence-corrected chi connectivity index (χ2v) is 8.80. The Morgan fingerprint density at radius 2 is 1.94 bits per heavy atom. The van der Waals surface area contributed by atoms with Crippen LogP contribution in [-0.4, -0.2) is 34.6 Å². The summed E-state index contributed by atoms with van der Waals surface area (Å²) in [6.07, 6.45) is 2.52. The molecule has 2 N–H and O–H groups in total. The second kappa shape index (κ2) is 8.17. The summed E-state index contributed by atoms with van der Waals surface area (Å²) in [5.74, 6) is -0.969. The Bertz CT molecular complexity index is 1230. The lowest BCUT2D eigenvalue weighted by Crippen LogP contribution is -2.52. The van der Waals surface area contributed by atoms with E-state index in [0.29, 0.717) is 34.6 Å². The predicted molar refractivity (Wildman–Crippen MR) is 117 cm³/mol. The highest BCUT2D eigenvalue weighted by molar-refractivity contribution is 6.06. The number of carbonyl (C=O) groups is 4. The summed E-state index contributed by atoms with van der Waals surface area (Å²) in [5, 5.41) is 14.6. The Morgan fingerprint density at radius 1 is 1.12 bits per heavy atom. The number of nitrogens with zero attached hydrogens (tertiary/aromatic N) is 2. The Kier molecular flexibility index (Phi) is 5.17. The fraction of sp³-hybridized carbons (Fsp3) is 0.320. The van der Waals surface area contributed by atoms with Crippen LogP contribution in [0.1, 0.15) is 69.1 Å². The highest BCUT2D eigenvalue weighted by atomic mass is 16.2. The molecule has 5 rings (SSSR count). The van der Waals surface area contributed by atoms with E-state index >= 15 is 0 Å². The zero-order valence-corrected chi connectivity index (χ0v) is 17.8. The first kappa shape index (κ1) is 20.9. The molecule has 166 valence electrons. The minimum absolute atomic E-state index is 0.180. The van der Waals surface area contributed by atoms with Gasteiger partial charge in [-0.05, 0) is 66.6 Å². The molecular weight excluding hydrogens is 420 g/mol. The van der Waals surface area contributed by atoms with Crippen LogP contribution in [0, 0.1) is 17.2 Å². The minimum Gasteiger partial charge on any atom is -0.345 e. The van der Waals surface area contributed by atoms with Crippen molar-refractivity contribution >= 4 is 23.6 Å². The maximum absolute atomic E-state index is 13.1. The van der Waals surface area contributed by atoms with Gasteiger partial charge >= 0.3 is 0 Å². The van der Waals surface area contributed by atoms with Crippen LogP contribution in [0.2, 0.25) is 0 Å². The van der Waals surface area contributed by atoms with E-state index in [0.717, 1.165) is 18.4 Å². The molecule has 2 aromatic carbocycles. The van der Waals surface area contributed by atoms with E-state index in [-0.39, 0.29) is 36.7 Å². The number of carbonyl (C=O) groups excluding carboxylic acids is 4. The van der Waals surface area contributed by atoms with Gasteiger partial charge in [0.2, 0.25) is 11.8 Å². The number of nitrogens with one attached hydrogen (secondary N) is 2. The molecule has 33 heavy (non-hydrogen) atoms. The van der Waals surface area contributed by atoms with Crippen LogP contribution in [-0.2, 0) is 16.1 Å². The smallest absolute Gasteiger partial charge is 0.255 e. The van der Waals surface area contributed by atoms with E-state index in [1.165, 1.54) is 4.90 Å². The molecule has 1 aliphatic carbocycles. The van der Waals surface area contributed by atoms with Crippen molar-refractivity contribution in [3.05, 3.63) is 70.3 Å². The average Bonchev–Trinajstić information content (AvgIpc) is 3.61. The van der Waals surface area contributed by atoms with Gasteiger partial charge in [-0.15, -0.1) is 0 Å². The van der Waals surface area contributed by atoms with Crippen LogP contribution in [0.4, 0.5) is 0 Å². The maximum Gasteiger partial charge on any atom is 0.255 e. The number of piperidine rings is 1. The topological polar surface area (TPSA) is 119 Å². The van der Waals surface area contributed by atoms with Gasteiger partial charge in [0, 0.05) is 24.1 Å². The van der Waals surface area contributed by atoms with Crippen LogP contribution in [0.25, 0.3) is 0 Å². The average molecular weight is 442 g/mol. The quantitative estimate of drug-likeness (QED) is 0.688. The van der Waals surface area contributed by atoms with Crippen LogP contribution in [0.5, 0.6) is 0 Å².